The van der Waals surface area contributed by atoms with E-state index in [4.69, 9.17) is 0 Å². The first-order valence-electron chi connectivity index (χ1n) is 9.82. The molecule has 160 valence electrons. The van der Waals surface area contributed by atoms with Crippen molar-refractivity contribution in [3.05, 3.63) is 92.2 Å². The largest absolute Gasteiger partial charge is 0.354 e. The zero-order valence-corrected chi connectivity index (χ0v) is 17.5. The molecule has 2 rings (SSSR count). The molecule has 0 aliphatic rings. The molecule has 30 heavy (non-hydrogen) atoms. The number of rotatable bonds is 10. The number of carbonyl (C=O) groups excluding carboxylic acids is 1. The molecule has 0 saturated carbocycles. The van der Waals surface area contributed by atoms with Gasteiger partial charge >= 0.3 is 17.1 Å². The molecule has 0 fully saturated rings. The summed E-state index contributed by atoms with van der Waals surface area (Å²) in [4.78, 5) is 49.7. The molecule has 0 spiro atoms. The van der Waals surface area contributed by atoms with Crippen molar-refractivity contribution in [1.29, 1.82) is 0 Å². The number of aromatic nitrogens is 3. The highest BCUT2D eigenvalue weighted by Gasteiger charge is 2.16. The van der Waals surface area contributed by atoms with Crippen molar-refractivity contribution in [1.82, 2.24) is 19.0 Å². The molecule has 1 amide bonds. The van der Waals surface area contributed by atoms with Gasteiger partial charge in [0, 0.05) is 6.54 Å². The van der Waals surface area contributed by atoms with Crippen LogP contribution in [0.15, 0.2) is 64.0 Å². The number of benzene rings is 1. The maximum atomic E-state index is 12.5. The van der Waals surface area contributed by atoms with E-state index in [0.29, 0.717) is 18.9 Å². The molecule has 2 aromatic rings. The van der Waals surface area contributed by atoms with Crippen molar-refractivity contribution >= 4 is 5.91 Å². The van der Waals surface area contributed by atoms with E-state index in [-0.39, 0.29) is 13.1 Å². The molecule has 1 aromatic heterocycles. The summed E-state index contributed by atoms with van der Waals surface area (Å²) in [6, 6.07) is 8.16. The number of nitrogens with one attached hydrogen (secondary N) is 1. The average Bonchev–Trinajstić information content (AvgIpc) is 2.72. The van der Waals surface area contributed by atoms with Crippen LogP contribution in [0.3, 0.4) is 0 Å². The van der Waals surface area contributed by atoms with Crippen LogP contribution in [0.1, 0.15) is 30.9 Å². The molecule has 1 N–H and O–H groups in total. The van der Waals surface area contributed by atoms with Crippen LogP contribution >= 0.6 is 0 Å². The van der Waals surface area contributed by atoms with E-state index in [2.05, 4.69) is 44.5 Å². The summed E-state index contributed by atoms with van der Waals surface area (Å²) in [5, 5.41) is 2.71. The fraction of sp³-hybridized carbons (Fsp3) is 0.364. The molecule has 0 radical (unpaired) electrons. The molecule has 0 unspecified atom stereocenters. The second-order valence-corrected chi connectivity index (χ2v) is 7.23. The monoisotopic (exact) mass is 412 g/mol. The van der Waals surface area contributed by atoms with Crippen LogP contribution in [0.5, 0.6) is 0 Å². The van der Waals surface area contributed by atoms with Crippen molar-refractivity contribution in [2.45, 2.75) is 45.8 Å². The van der Waals surface area contributed by atoms with E-state index >= 15 is 0 Å². The number of hydrogen-bond acceptors (Lipinski definition) is 4. The molecular formula is C22H28N4O4. The Hall–Kier alpha value is -3.42. The molecule has 0 bridgehead atoms. The topological polar surface area (TPSA) is 95.1 Å². The number of nitrogens with zero attached hydrogens (tertiary/aromatic N) is 3. The minimum absolute atomic E-state index is 0.0664. The predicted molar refractivity (Wildman–Crippen MR) is 117 cm³/mol. The Morgan fingerprint density at radius 2 is 1.43 bits per heavy atom. The second kappa shape index (κ2) is 10.4. The first-order chi connectivity index (χ1) is 14.3. The lowest BCUT2D eigenvalue weighted by molar-refractivity contribution is -0.121. The third-order valence-corrected chi connectivity index (χ3v) is 4.69. The smallest absolute Gasteiger partial charge is 0.337 e. The van der Waals surface area contributed by atoms with Crippen molar-refractivity contribution in [3.63, 3.8) is 0 Å². The average molecular weight is 412 g/mol. The summed E-state index contributed by atoms with van der Waals surface area (Å²) in [5.41, 5.74) is -0.127. The molecule has 8 heteroatoms. The lowest BCUT2D eigenvalue weighted by Gasteiger charge is -2.12. The molecule has 0 saturated heterocycles. The van der Waals surface area contributed by atoms with E-state index < -0.39 is 29.5 Å². The van der Waals surface area contributed by atoms with Gasteiger partial charge in [0.25, 0.3) is 0 Å². The van der Waals surface area contributed by atoms with Gasteiger partial charge in [-0.2, -0.15) is 0 Å². The second-order valence-electron chi connectivity index (χ2n) is 7.23. The van der Waals surface area contributed by atoms with Crippen molar-refractivity contribution in [2.75, 3.05) is 6.54 Å². The van der Waals surface area contributed by atoms with Crippen LogP contribution in [-0.2, 0) is 30.8 Å². The van der Waals surface area contributed by atoms with Gasteiger partial charge in [0.05, 0.1) is 13.1 Å². The normalized spacial score (nSPS) is 10.8. The number of allylic oxidation sites excluding steroid dienone is 2. The Bertz CT molecular complexity index is 1040. The standard InChI is InChI=1S/C22H28N4O4/c1-5-13-24-20(28)25(14-6-2)22(30)26(21(24)29)15-19(27)23-12-11-17-7-9-18(10-8-17)16(3)4/h5-10,16H,1-2,11-15H2,3-4H3,(H,23,27). The molecule has 0 aliphatic heterocycles. The van der Waals surface area contributed by atoms with Crippen LogP contribution in [0.2, 0.25) is 0 Å². The van der Waals surface area contributed by atoms with Crippen LogP contribution in [0.25, 0.3) is 0 Å². The Morgan fingerprint density at radius 3 is 1.90 bits per heavy atom. The lowest BCUT2D eigenvalue weighted by Crippen LogP contribution is -2.55. The Morgan fingerprint density at radius 1 is 0.933 bits per heavy atom. The van der Waals surface area contributed by atoms with Crippen molar-refractivity contribution in [2.24, 2.45) is 0 Å². The van der Waals surface area contributed by atoms with Gasteiger partial charge in [-0.3, -0.25) is 4.79 Å². The van der Waals surface area contributed by atoms with Crippen molar-refractivity contribution < 1.29 is 4.79 Å². The summed E-state index contributed by atoms with van der Waals surface area (Å²) in [6.07, 6.45) is 3.37. The van der Waals surface area contributed by atoms with Gasteiger partial charge in [-0.05, 0) is 23.5 Å². The Labute approximate surface area is 174 Å². The zero-order chi connectivity index (χ0) is 22.3. The van der Waals surface area contributed by atoms with Crippen LogP contribution in [0.4, 0.5) is 0 Å². The Kier molecular flexibility index (Phi) is 7.91. The molecule has 0 atom stereocenters. The molecule has 1 heterocycles. The highest BCUT2D eigenvalue weighted by Crippen LogP contribution is 2.14. The summed E-state index contributed by atoms with van der Waals surface area (Å²) in [5.74, 6) is -0.0338. The predicted octanol–water partition coefficient (Wildman–Crippen LogP) is 1.03. The molecule has 1 aromatic carbocycles. The minimum Gasteiger partial charge on any atom is -0.354 e. The highest BCUT2D eigenvalue weighted by molar-refractivity contribution is 5.75. The van der Waals surface area contributed by atoms with E-state index in [1.165, 1.54) is 17.7 Å². The first kappa shape index (κ1) is 22.9. The third kappa shape index (κ3) is 5.34. The fourth-order valence-electron chi connectivity index (χ4n) is 3.00. The molecular weight excluding hydrogens is 384 g/mol. The Balaban J connectivity index is 2.13. The summed E-state index contributed by atoms with van der Waals surface area (Å²) in [7, 11) is 0. The van der Waals surface area contributed by atoms with E-state index in [0.717, 1.165) is 19.3 Å². The van der Waals surface area contributed by atoms with Crippen LogP contribution in [0, 0.1) is 0 Å². The maximum absolute atomic E-state index is 12.5. The van der Waals surface area contributed by atoms with Crippen LogP contribution < -0.4 is 22.4 Å². The third-order valence-electron chi connectivity index (χ3n) is 4.69. The van der Waals surface area contributed by atoms with Gasteiger partial charge in [-0.15, -0.1) is 13.2 Å². The number of carbonyl (C=O) groups is 1. The lowest BCUT2D eigenvalue weighted by atomic mass is 10.0. The maximum Gasteiger partial charge on any atom is 0.337 e. The van der Waals surface area contributed by atoms with E-state index in [9.17, 15) is 19.2 Å². The molecule has 8 nitrogen and oxygen atoms in total. The van der Waals surface area contributed by atoms with E-state index in [1.54, 1.807) is 0 Å². The summed E-state index contributed by atoms with van der Waals surface area (Å²) >= 11 is 0. The van der Waals surface area contributed by atoms with Crippen molar-refractivity contribution in [3.8, 4) is 0 Å². The fourth-order valence-corrected chi connectivity index (χ4v) is 3.00. The van der Waals surface area contributed by atoms with Crippen LogP contribution in [-0.4, -0.2) is 26.2 Å². The van der Waals surface area contributed by atoms with Gasteiger partial charge in [0.2, 0.25) is 5.91 Å². The van der Waals surface area contributed by atoms with Gasteiger partial charge in [0.15, 0.2) is 0 Å². The first-order valence-corrected chi connectivity index (χ1v) is 9.82. The summed E-state index contributed by atoms with van der Waals surface area (Å²) in [6.45, 7) is 11.0. The van der Waals surface area contributed by atoms with Gasteiger partial charge in [-0.1, -0.05) is 50.3 Å². The minimum atomic E-state index is -0.843. The van der Waals surface area contributed by atoms with E-state index in [1.807, 2.05) is 12.1 Å². The number of hydrogen-bond donors (Lipinski definition) is 1. The zero-order valence-electron chi connectivity index (χ0n) is 17.5. The quantitative estimate of drug-likeness (QED) is 0.590. The summed E-state index contributed by atoms with van der Waals surface area (Å²) < 4.78 is 2.48. The molecule has 0 aliphatic carbocycles. The number of amides is 1. The van der Waals surface area contributed by atoms with Gasteiger partial charge in [-0.25, -0.2) is 28.1 Å². The van der Waals surface area contributed by atoms with Gasteiger partial charge in [0.1, 0.15) is 6.54 Å². The SMILES string of the molecule is C=CCn1c(=O)n(CC=C)c(=O)n(CC(=O)NCCc2ccc(C(C)C)cc2)c1=O. The van der Waals surface area contributed by atoms with Gasteiger partial charge < -0.3 is 5.32 Å². The highest BCUT2D eigenvalue weighted by atomic mass is 16.2.